The van der Waals surface area contributed by atoms with Gasteiger partial charge in [-0.25, -0.2) is 4.98 Å². The van der Waals surface area contributed by atoms with E-state index in [1.165, 1.54) is 25.4 Å². The lowest BCUT2D eigenvalue weighted by Gasteiger charge is -2.16. The lowest BCUT2D eigenvalue weighted by Crippen LogP contribution is -2.32. The second-order valence-corrected chi connectivity index (χ2v) is 3.81. The average Bonchev–Trinajstić information content (AvgIpc) is 2.34. The minimum absolute atomic E-state index is 0.236. The van der Waals surface area contributed by atoms with Gasteiger partial charge in [-0.15, -0.1) is 0 Å². The van der Waals surface area contributed by atoms with E-state index in [0.29, 0.717) is 0 Å². The van der Waals surface area contributed by atoms with Crippen LogP contribution in [0.4, 0.5) is 13.2 Å². The van der Waals surface area contributed by atoms with Crippen LogP contribution in [0.5, 0.6) is 5.88 Å². The number of pyridine rings is 1. The molecule has 0 bridgehead atoms. The second-order valence-electron chi connectivity index (χ2n) is 3.81. The maximum atomic E-state index is 12.1. The maximum Gasteiger partial charge on any atom is 0.422 e. The first-order chi connectivity index (χ1) is 9.20. The first-order valence-corrected chi connectivity index (χ1v) is 5.32. The van der Waals surface area contributed by atoms with Crippen molar-refractivity contribution < 1.29 is 32.6 Å². The van der Waals surface area contributed by atoms with E-state index in [2.05, 4.69) is 9.72 Å². The molecule has 1 aromatic heterocycles. The van der Waals surface area contributed by atoms with Crippen molar-refractivity contribution in [2.45, 2.75) is 6.18 Å². The molecule has 0 fully saturated rings. The summed E-state index contributed by atoms with van der Waals surface area (Å²) in [7, 11) is 1.21. The number of halogens is 3. The predicted octanol–water partition coefficient (Wildman–Crippen LogP) is 1.18. The maximum absolute atomic E-state index is 12.1. The molecule has 6 nitrogen and oxygen atoms in total. The number of hydrogen-bond donors (Lipinski definition) is 1. The van der Waals surface area contributed by atoms with Crippen LogP contribution in [0.15, 0.2) is 18.3 Å². The fraction of sp³-hybridized carbons (Fsp3) is 0.364. The van der Waals surface area contributed by atoms with Gasteiger partial charge < -0.3 is 14.7 Å². The normalized spacial score (nSPS) is 11.0. The third-order valence-corrected chi connectivity index (χ3v) is 2.09. The molecule has 0 spiro atoms. The number of carbonyl (C=O) groups excluding carboxylic acids is 1. The molecule has 0 aliphatic rings. The van der Waals surface area contributed by atoms with E-state index in [9.17, 15) is 22.8 Å². The van der Waals surface area contributed by atoms with E-state index in [1.807, 2.05) is 0 Å². The van der Waals surface area contributed by atoms with Crippen molar-refractivity contribution >= 4 is 11.9 Å². The predicted molar refractivity (Wildman–Crippen MR) is 60.4 cm³/mol. The summed E-state index contributed by atoms with van der Waals surface area (Å²) in [5.41, 5.74) is -0.236. The van der Waals surface area contributed by atoms with Gasteiger partial charge in [-0.3, -0.25) is 9.59 Å². The molecule has 0 aliphatic carbocycles. The number of carboxylic acids is 1. The molecule has 1 aromatic rings. The molecule has 20 heavy (non-hydrogen) atoms. The summed E-state index contributed by atoms with van der Waals surface area (Å²) in [4.78, 5) is 26.8. The highest BCUT2D eigenvalue weighted by Crippen LogP contribution is 2.20. The van der Waals surface area contributed by atoms with Gasteiger partial charge in [0.05, 0.1) is 0 Å². The van der Waals surface area contributed by atoms with E-state index < -0.39 is 37.1 Å². The molecule has 0 saturated heterocycles. The first kappa shape index (κ1) is 15.7. The molecule has 0 aliphatic heterocycles. The lowest BCUT2D eigenvalue weighted by molar-refractivity contribution is -0.154. The van der Waals surface area contributed by atoms with Gasteiger partial charge in [0.15, 0.2) is 6.61 Å². The number of aliphatic carboxylic acids is 1. The Morgan fingerprint density at radius 3 is 2.65 bits per heavy atom. The smallest absolute Gasteiger partial charge is 0.422 e. The minimum atomic E-state index is -4.56. The summed E-state index contributed by atoms with van der Waals surface area (Å²) < 4.78 is 40.7. The topological polar surface area (TPSA) is 79.7 Å². The molecule has 1 rings (SSSR count). The van der Waals surface area contributed by atoms with Crippen molar-refractivity contribution in [1.29, 1.82) is 0 Å². The largest absolute Gasteiger partial charge is 0.480 e. The van der Waals surface area contributed by atoms with Gasteiger partial charge in [-0.05, 0) is 12.1 Å². The molecular formula is C11H11F3N2O4. The van der Waals surface area contributed by atoms with Crippen LogP contribution in [0.2, 0.25) is 0 Å². The fourth-order valence-corrected chi connectivity index (χ4v) is 1.30. The van der Waals surface area contributed by atoms with Gasteiger partial charge in [-0.1, -0.05) is 0 Å². The molecular weight excluding hydrogens is 281 g/mol. The number of alkyl halides is 3. The van der Waals surface area contributed by atoms with Gasteiger partial charge >= 0.3 is 12.1 Å². The SMILES string of the molecule is CN(CC(=O)O)C(=O)c1cccnc1OCC(F)(F)F. The Kier molecular flexibility index (Phi) is 4.89. The van der Waals surface area contributed by atoms with Crippen LogP contribution < -0.4 is 4.74 Å². The van der Waals surface area contributed by atoms with Crippen LogP contribution in [0, 0.1) is 0 Å². The molecule has 9 heteroatoms. The number of rotatable bonds is 5. The summed E-state index contributed by atoms with van der Waals surface area (Å²) in [6, 6.07) is 2.54. The zero-order valence-corrected chi connectivity index (χ0v) is 10.3. The zero-order chi connectivity index (χ0) is 15.3. The Bertz CT molecular complexity index is 505. The summed E-state index contributed by atoms with van der Waals surface area (Å²) in [5, 5.41) is 8.57. The van der Waals surface area contributed by atoms with Crippen molar-refractivity contribution in [1.82, 2.24) is 9.88 Å². The molecule has 1 N–H and O–H groups in total. The number of likely N-dealkylation sites (N-methyl/N-ethyl adjacent to an activating group) is 1. The summed E-state index contributed by atoms with van der Waals surface area (Å²) >= 11 is 0. The van der Waals surface area contributed by atoms with Gasteiger partial charge in [-0.2, -0.15) is 13.2 Å². The van der Waals surface area contributed by atoms with Crippen LogP contribution in [0.25, 0.3) is 0 Å². The van der Waals surface area contributed by atoms with Crippen LogP contribution in [0.3, 0.4) is 0 Å². The summed E-state index contributed by atoms with van der Waals surface area (Å²) in [6.45, 7) is -2.18. The van der Waals surface area contributed by atoms with Crippen LogP contribution >= 0.6 is 0 Å². The van der Waals surface area contributed by atoms with E-state index in [4.69, 9.17) is 5.11 Å². The van der Waals surface area contributed by atoms with Gasteiger partial charge in [0.2, 0.25) is 5.88 Å². The van der Waals surface area contributed by atoms with E-state index in [1.54, 1.807) is 0 Å². The molecule has 0 aromatic carbocycles. The molecule has 1 amide bonds. The van der Waals surface area contributed by atoms with Crippen molar-refractivity contribution in [3.05, 3.63) is 23.9 Å². The average molecular weight is 292 g/mol. The highest BCUT2D eigenvalue weighted by atomic mass is 19.4. The standard InChI is InChI=1S/C11H11F3N2O4/c1-16(5-8(17)18)10(19)7-3-2-4-15-9(7)20-6-11(12,13)14/h2-4H,5-6H2,1H3,(H,17,18). The molecule has 0 atom stereocenters. The van der Waals surface area contributed by atoms with Crippen LogP contribution in [0.1, 0.15) is 10.4 Å². The molecule has 1 heterocycles. The monoisotopic (exact) mass is 292 g/mol. The highest BCUT2D eigenvalue weighted by molar-refractivity contribution is 5.97. The van der Waals surface area contributed by atoms with Crippen LogP contribution in [-0.4, -0.2) is 53.2 Å². The third-order valence-electron chi connectivity index (χ3n) is 2.09. The first-order valence-electron chi connectivity index (χ1n) is 5.32. The minimum Gasteiger partial charge on any atom is -0.480 e. The molecule has 0 unspecified atom stereocenters. The number of ether oxygens (including phenoxy) is 1. The quantitative estimate of drug-likeness (QED) is 0.881. The Labute approximate surface area is 111 Å². The Hall–Kier alpha value is -2.32. The van der Waals surface area contributed by atoms with Crippen molar-refractivity contribution in [3.8, 4) is 5.88 Å². The number of nitrogens with zero attached hydrogens (tertiary/aromatic N) is 2. The van der Waals surface area contributed by atoms with Crippen molar-refractivity contribution in [2.24, 2.45) is 0 Å². The number of aromatic nitrogens is 1. The van der Waals surface area contributed by atoms with Gasteiger partial charge in [0.1, 0.15) is 12.1 Å². The Morgan fingerprint density at radius 1 is 1.45 bits per heavy atom. The summed E-state index contributed by atoms with van der Waals surface area (Å²) in [5.74, 6) is -2.53. The Balaban J connectivity index is 2.89. The number of carbonyl (C=O) groups is 2. The second kappa shape index (κ2) is 6.22. The number of amides is 1. The van der Waals surface area contributed by atoms with Gasteiger partial charge in [0.25, 0.3) is 5.91 Å². The third kappa shape index (κ3) is 4.75. The molecule has 110 valence electrons. The van der Waals surface area contributed by atoms with Crippen molar-refractivity contribution in [2.75, 3.05) is 20.2 Å². The van der Waals surface area contributed by atoms with Crippen molar-refractivity contribution in [3.63, 3.8) is 0 Å². The lowest BCUT2D eigenvalue weighted by atomic mass is 10.2. The molecule has 0 radical (unpaired) electrons. The zero-order valence-electron chi connectivity index (χ0n) is 10.3. The summed E-state index contributed by atoms with van der Waals surface area (Å²) in [6.07, 6.45) is -3.40. The molecule has 0 saturated carbocycles. The highest BCUT2D eigenvalue weighted by Gasteiger charge is 2.30. The fourth-order valence-electron chi connectivity index (χ4n) is 1.30. The Morgan fingerprint density at radius 2 is 2.10 bits per heavy atom. The van der Waals surface area contributed by atoms with E-state index in [-0.39, 0.29) is 5.56 Å². The number of carboxylic acid groups (broad SMARTS) is 1. The van der Waals surface area contributed by atoms with Crippen LogP contribution in [-0.2, 0) is 4.79 Å². The van der Waals surface area contributed by atoms with Gasteiger partial charge in [0, 0.05) is 13.2 Å². The van der Waals surface area contributed by atoms with E-state index in [0.717, 1.165) is 4.90 Å². The number of hydrogen-bond acceptors (Lipinski definition) is 4. The van der Waals surface area contributed by atoms with E-state index >= 15 is 0 Å².